The minimum atomic E-state index is -0.228. The summed E-state index contributed by atoms with van der Waals surface area (Å²) >= 11 is 11.1. The van der Waals surface area contributed by atoms with E-state index in [1.165, 1.54) is 0 Å². The molecule has 0 spiro atoms. The predicted molar refractivity (Wildman–Crippen MR) is 88.6 cm³/mol. The van der Waals surface area contributed by atoms with Gasteiger partial charge in [-0.15, -0.1) is 11.3 Å². The first-order valence-corrected chi connectivity index (χ1v) is 8.06. The lowest BCUT2D eigenvalue weighted by atomic mass is 10.1. The van der Waals surface area contributed by atoms with Crippen LogP contribution >= 0.6 is 38.9 Å². The van der Waals surface area contributed by atoms with Crippen molar-refractivity contribution in [2.24, 2.45) is 0 Å². The molecule has 2 N–H and O–H groups in total. The molecule has 0 aliphatic rings. The van der Waals surface area contributed by atoms with Crippen LogP contribution < -0.4 is 5.32 Å². The molecule has 0 unspecified atom stereocenters. The largest absolute Gasteiger partial charge is 0.384 e. The molecule has 3 nitrogen and oxygen atoms in total. The van der Waals surface area contributed by atoms with Crippen LogP contribution in [0.2, 0.25) is 5.02 Å². The minimum absolute atomic E-state index is 0.195. The Bertz CT molecular complexity index is 718. The van der Waals surface area contributed by atoms with Crippen LogP contribution in [-0.4, -0.2) is 17.6 Å². The van der Waals surface area contributed by atoms with Crippen molar-refractivity contribution in [2.75, 3.05) is 6.61 Å². The monoisotopic (exact) mass is 383 g/mol. The van der Waals surface area contributed by atoms with Crippen molar-refractivity contribution in [3.8, 4) is 11.8 Å². The van der Waals surface area contributed by atoms with Crippen LogP contribution in [-0.2, 0) is 6.54 Å². The zero-order valence-electron chi connectivity index (χ0n) is 10.8. The maximum Gasteiger partial charge on any atom is 0.251 e. The van der Waals surface area contributed by atoms with Gasteiger partial charge in [0.2, 0.25) is 0 Å². The van der Waals surface area contributed by atoms with Crippen molar-refractivity contribution in [1.29, 1.82) is 0 Å². The lowest BCUT2D eigenvalue weighted by Crippen LogP contribution is -2.22. The Morgan fingerprint density at radius 3 is 2.86 bits per heavy atom. The normalized spacial score (nSPS) is 9.86. The van der Waals surface area contributed by atoms with E-state index in [0.717, 1.165) is 9.35 Å². The standard InChI is InChI=1S/C15H11BrClNO2S/c16-12-5-7-21-14(12)9-18-15(20)11-4-3-10(2-1-6-19)13(17)8-11/h3-5,7-8,19H,6,9H2,(H,18,20). The number of aliphatic hydroxyl groups is 1. The average Bonchev–Trinajstić information content (AvgIpc) is 2.88. The fraction of sp³-hybridized carbons (Fsp3) is 0.133. The van der Waals surface area contributed by atoms with E-state index in [9.17, 15) is 4.79 Å². The van der Waals surface area contributed by atoms with Crippen LogP contribution in [0.3, 0.4) is 0 Å². The van der Waals surface area contributed by atoms with Crippen molar-refractivity contribution in [3.63, 3.8) is 0 Å². The predicted octanol–water partition coefficient (Wildman–Crippen LogP) is 3.44. The van der Waals surface area contributed by atoms with Gasteiger partial charge in [-0.05, 0) is 45.6 Å². The molecule has 108 valence electrons. The molecule has 1 aromatic carbocycles. The molecule has 0 fully saturated rings. The first-order valence-electron chi connectivity index (χ1n) is 6.01. The zero-order valence-corrected chi connectivity index (χ0v) is 14.0. The van der Waals surface area contributed by atoms with E-state index in [1.807, 2.05) is 11.4 Å². The van der Waals surface area contributed by atoms with Crippen LogP contribution in [0, 0.1) is 11.8 Å². The number of benzene rings is 1. The Balaban J connectivity index is 2.06. The molecular weight excluding hydrogens is 374 g/mol. The van der Waals surface area contributed by atoms with Gasteiger partial charge in [-0.2, -0.15) is 0 Å². The van der Waals surface area contributed by atoms with Crippen molar-refractivity contribution in [1.82, 2.24) is 5.32 Å². The quantitative estimate of drug-likeness (QED) is 0.797. The highest BCUT2D eigenvalue weighted by Gasteiger charge is 2.09. The third kappa shape index (κ3) is 4.32. The van der Waals surface area contributed by atoms with Gasteiger partial charge in [-0.25, -0.2) is 0 Å². The highest BCUT2D eigenvalue weighted by atomic mass is 79.9. The van der Waals surface area contributed by atoms with Gasteiger partial charge < -0.3 is 10.4 Å². The number of amides is 1. The number of thiophene rings is 1. The van der Waals surface area contributed by atoms with Crippen molar-refractivity contribution in [3.05, 3.63) is 55.1 Å². The van der Waals surface area contributed by atoms with E-state index >= 15 is 0 Å². The number of halogens is 2. The Morgan fingerprint density at radius 1 is 1.43 bits per heavy atom. The number of carbonyl (C=O) groups excluding carboxylic acids is 1. The molecule has 0 aliphatic carbocycles. The number of nitrogens with one attached hydrogen (secondary N) is 1. The molecule has 2 rings (SSSR count). The molecule has 0 atom stereocenters. The molecule has 0 radical (unpaired) electrons. The van der Waals surface area contributed by atoms with Gasteiger partial charge in [0.25, 0.3) is 5.91 Å². The van der Waals surface area contributed by atoms with E-state index in [0.29, 0.717) is 22.7 Å². The molecule has 1 heterocycles. The summed E-state index contributed by atoms with van der Waals surface area (Å²) in [6.07, 6.45) is 0. The number of carbonyl (C=O) groups is 1. The van der Waals surface area contributed by atoms with Crippen molar-refractivity contribution < 1.29 is 9.90 Å². The fourth-order valence-electron chi connectivity index (χ4n) is 1.61. The van der Waals surface area contributed by atoms with Crippen LogP contribution in [0.4, 0.5) is 0 Å². The second-order valence-corrected chi connectivity index (χ2v) is 6.29. The van der Waals surface area contributed by atoms with E-state index in [1.54, 1.807) is 29.5 Å². The lowest BCUT2D eigenvalue weighted by Gasteiger charge is -2.05. The number of hydrogen-bond acceptors (Lipinski definition) is 3. The summed E-state index contributed by atoms with van der Waals surface area (Å²) in [5.41, 5.74) is 1.06. The summed E-state index contributed by atoms with van der Waals surface area (Å²) < 4.78 is 0.987. The smallest absolute Gasteiger partial charge is 0.251 e. The number of rotatable bonds is 3. The maximum atomic E-state index is 12.1. The molecule has 0 bridgehead atoms. The molecule has 0 saturated heterocycles. The van der Waals surface area contributed by atoms with E-state index in [4.69, 9.17) is 16.7 Å². The Morgan fingerprint density at radius 2 is 2.24 bits per heavy atom. The molecule has 1 aromatic heterocycles. The lowest BCUT2D eigenvalue weighted by molar-refractivity contribution is 0.0951. The second-order valence-electron chi connectivity index (χ2n) is 4.03. The molecule has 6 heteroatoms. The number of aliphatic hydroxyl groups excluding tert-OH is 1. The third-order valence-electron chi connectivity index (χ3n) is 2.63. The summed E-state index contributed by atoms with van der Waals surface area (Å²) in [5.74, 6) is 5.05. The average molecular weight is 385 g/mol. The van der Waals surface area contributed by atoms with Gasteiger partial charge in [-0.1, -0.05) is 23.4 Å². The molecule has 0 aliphatic heterocycles. The maximum absolute atomic E-state index is 12.1. The molecule has 21 heavy (non-hydrogen) atoms. The Hall–Kier alpha value is -1.32. The Labute approximate surface area is 140 Å². The highest BCUT2D eigenvalue weighted by Crippen LogP contribution is 2.22. The van der Waals surface area contributed by atoms with Crippen LogP contribution in [0.15, 0.2) is 34.1 Å². The second kappa shape index (κ2) is 7.62. The van der Waals surface area contributed by atoms with Crippen molar-refractivity contribution in [2.45, 2.75) is 6.54 Å². The summed E-state index contributed by atoms with van der Waals surface area (Å²) in [6, 6.07) is 6.84. The first-order chi connectivity index (χ1) is 10.1. The van der Waals surface area contributed by atoms with Gasteiger partial charge in [0, 0.05) is 20.5 Å². The fourth-order valence-corrected chi connectivity index (χ4v) is 3.27. The van der Waals surface area contributed by atoms with Gasteiger partial charge in [-0.3, -0.25) is 4.79 Å². The summed E-state index contributed by atoms with van der Waals surface area (Å²) in [6.45, 7) is 0.231. The van der Waals surface area contributed by atoms with Gasteiger partial charge in [0.05, 0.1) is 11.6 Å². The van der Waals surface area contributed by atoms with E-state index < -0.39 is 0 Å². The molecule has 0 saturated carbocycles. The minimum Gasteiger partial charge on any atom is -0.384 e. The van der Waals surface area contributed by atoms with Gasteiger partial charge in [0.15, 0.2) is 0 Å². The molecule has 2 aromatic rings. The third-order valence-corrected chi connectivity index (χ3v) is 4.87. The zero-order chi connectivity index (χ0) is 15.2. The number of hydrogen-bond donors (Lipinski definition) is 2. The highest BCUT2D eigenvalue weighted by molar-refractivity contribution is 9.10. The van der Waals surface area contributed by atoms with E-state index in [2.05, 4.69) is 33.1 Å². The topological polar surface area (TPSA) is 49.3 Å². The SMILES string of the molecule is O=C(NCc1sccc1Br)c1ccc(C#CCO)c(Cl)c1. The summed E-state index contributed by atoms with van der Waals surface area (Å²) in [5, 5.41) is 13.8. The van der Waals surface area contributed by atoms with Crippen LogP contribution in [0.5, 0.6) is 0 Å². The first kappa shape index (κ1) is 16.1. The summed E-state index contributed by atoms with van der Waals surface area (Å²) in [4.78, 5) is 13.1. The van der Waals surface area contributed by atoms with Gasteiger partial charge in [0.1, 0.15) is 6.61 Å². The Kier molecular flexibility index (Phi) is 5.83. The summed E-state index contributed by atoms with van der Waals surface area (Å²) in [7, 11) is 0. The molecule has 1 amide bonds. The van der Waals surface area contributed by atoms with E-state index in [-0.39, 0.29) is 12.5 Å². The van der Waals surface area contributed by atoms with Gasteiger partial charge >= 0.3 is 0 Å². The van der Waals surface area contributed by atoms with Crippen LogP contribution in [0.1, 0.15) is 20.8 Å². The molecular formula is C15H11BrClNO2S. The van der Waals surface area contributed by atoms with Crippen LogP contribution in [0.25, 0.3) is 0 Å². The van der Waals surface area contributed by atoms with Crippen molar-refractivity contribution >= 4 is 44.8 Å².